The summed E-state index contributed by atoms with van der Waals surface area (Å²) < 4.78 is 10.4. The maximum Gasteiger partial charge on any atom is 0.409 e. The van der Waals surface area contributed by atoms with E-state index in [1.54, 1.807) is 17.9 Å². The average Bonchev–Trinajstić information content (AvgIpc) is 2.70. The summed E-state index contributed by atoms with van der Waals surface area (Å²) in [5.74, 6) is 0.869. The van der Waals surface area contributed by atoms with Gasteiger partial charge in [0.05, 0.1) is 13.2 Å². The maximum atomic E-state index is 11.8. The van der Waals surface area contributed by atoms with Crippen LogP contribution in [0.5, 0.6) is 5.75 Å². The molecular formula is C19H30IN5O4. The van der Waals surface area contributed by atoms with Crippen LogP contribution in [-0.2, 0) is 16.1 Å². The highest BCUT2D eigenvalue weighted by atomic mass is 127. The van der Waals surface area contributed by atoms with E-state index in [2.05, 4.69) is 10.2 Å². The van der Waals surface area contributed by atoms with Crippen molar-refractivity contribution >= 4 is 41.9 Å². The van der Waals surface area contributed by atoms with E-state index < -0.39 is 5.91 Å². The van der Waals surface area contributed by atoms with Crippen LogP contribution in [0.2, 0.25) is 0 Å². The van der Waals surface area contributed by atoms with Gasteiger partial charge in [0.15, 0.2) is 12.6 Å². The largest absolute Gasteiger partial charge is 0.484 e. The number of amides is 2. The Morgan fingerprint density at radius 1 is 1.17 bits per heavy atom. The van der Waals surface area contributed by atoms with E-state index in [1.807, 2.05) is 25.1 Å². The van der Waals surface area contributed by atoms with Crippen molar-refractivity contribution in [1.29, 1.82) is 0 Å². The zero-order valence-electron chi connectivity index (χ0n) is 16.9. The van der Waals surface area contributed by atoms with E-state index in [-0.39, 0.29) is 36.7 Å². The van der Waals surface area contributed by atoms with Crippen molar-refractivity contribution < 1.29 is 19.1 Å². The predicted molar refractivity (Wildman–Crippen MR) is 122 cm³/mol. The Labute approximate surface area is 188 Å². The van der Waals surface area contributed by atoms with Gasteiger partial charge in [-0.15, -0.1) is 24.0 Å². The molecule has 1 aromatic rings. The van der Waals surface area contributed by atoms with Crippen LogP contribution < -0.4 is 15.8 Å². The Balaban J connectivity index is 0.00000420. The number of nitrogens with one attached hydrogen (secondary N) is 1. The number of primary amides is 1. The van der Waals surface area contributed by atoms with Crippen LogP contribution in [0.25, 0.3) is 0 Å². The van der Waals surface area contributed by atoms with Gasteiger partial charge in [-0.1, -0.05) is 12.1 Å². The maximum absolute atomic E-state index is 11.8. The van der Waals surface area contributed by atoms with Gasteiger partial charge in [0.2, 0.25) is 0 Å². The zero-order chi connectivity index (χ0) is 20.4. The topological polar surface area (TPSA) is 109 Å². The minimum Gasteiger partial charge on any atom is -0.484 e. The van der Waals surface area contributed by atoms with E-state index in [0.717, 1.165) is 18.1 Å². The van der Waals surface area contributed by atoms with Gasteiger partial charge in [-0.05, 0) is 31.5 Å². The summed E-state index contributed by atoms with van der Waals surface area (Å²) in [6.45, 7) is 7.83. The van der Waals surface area contributed by atoms with Gasteiger partial charge < -0.3 is 30.3 Å². The lowest BCUT2D eigenvalue weighted by Crippen LogP contribution is -2.53. The number of piperazine rings is 1. The summed E-state index contributed by atoms with van der Waals surface area (Å²) in [5, 5.41) is 3.30. The molecule has 162 valence electrons. The van der Waals surface area contributed by atoms with E-state index in [4.69, 9.17) is 20.2 Å². The molecule has 10 heteroatoms. The summed E-state index contributed by atoms with van der Waals surface area (Å²) in [6.07, 6.45) is -0.267. The summed E-state index contributed by atoms with van der Waals surface area (Å²) >= 11 is 0. The van der Waals surface area contributed by atoms with Crippen molar-refractivity contribution in [2.75, 3.05) is 45.9 Å². The number of guanidine groups is 1. The molecule has 0 atom stereocenters. The number of nitrogens with zero attached hydrogens (tertiary/aromatic N) is 3. The molecule has 29 heavy (non-hydrogen) atoms. The lowest BCUT2D eigenvalue weighted by Gasteiger charge is -2.35. The number of carbonyl (C=O) groups excluding carboxylic acids is 2. The Morgan fingerprint density at radius 2 is 1.86 bits per heavy atom. The van der Waals surface area contributed by atoms with E-state index in [0.29, 0.717) is 45.1 Å². The molecule has 1 heterocycles. The van der Waals surface area contributed by atoms with Gasteiger partial charge in [0.1, 0.15) is 5.75 Å². The Bertz CT molecular complexity index is 693. The molecule has 9 nitrogen and oxygen atoms in total. The third kappa shape index (κ3) is 8.34. The molecule has 0 bridgehead atoms. The summed E-state index contributed by atoms with van der Waals surface area (Å²) in [4.78, 5) is 31.2. The van der Waals surface area contributed by atoms with Crippen molar-refractivity contribution in [2.24, 2.45) is 10.7 Å². The Hall–Kier alpha value is -2.24. The molecule has 0 aromatic heterocycles. The third-order valence-corrected chi connectivity index (χ3v) is 4.13. The van der Waals surface area contributed by atoms with Crippen LogP contribution in [0, 0.1) is 0 Å². The first-order chi connectivity index (χ1) is 13.5. The van der Waals surface area contributed by atoms with Crippen LogP contribution in [0.15, 0.2) is 29.3 Å². The van der Waals surface area contributed by atoms with Gasteiger partial charge in [0.25, 0.3) is 5.91 Å². The van der Waals surface area contributed by atoms with Crippen LogP contribution >= 0.6 is 24.0 Å². The first-order valence-corrected chi connectivity index (χ1v) is 9.48. The SMILES string of the molecule is CCNC(=NCc1cccc(OCC(N)=O)c1)N1CCN(C(=O)OCC)CC1.I. The van der Waals surface area contributed by atoms with Crippen LogP contribution in [-0.4, -0.2) is 73.7 Å². The second-order valence-corrected chi connectivity index (χ2v) is 6.25. The molecule has 0 spiro atoms. The molecule has 3 N–H and O–H groups in total. The van der Waals surface area contributed by atoms with Crippen molar-refractivity contribution in [3.8, 4) is 5.75 Å². The number of rotatable bonds is 7. The fourth-order valence-corrected chi connectivity index (χ4v) is 2.80. The molecule has 2 amide bonds. The smallest absolute Gasteiger partial charge is 0.409 e. The number of hydrogen-bond donors (Lipinski definition) is 2. The molecular weight excluding hydrogens is 489 g/mol. The zero-order valence-corrected chi connectivity index (χ0v) is 19.3. The number of carbonyl (C=O) groups is 2. The van der Waals surface area contributed by atoms with E-state index in [1.165, 1.54) is 0 Å². The number of aliphatic imine (C=N–C) groups is 1. The number of nitrogens with two attached hydrogens (primary N) is 1. The molecule has 1 fully saturated rings. The van der Waals surface area contributed by atoms with Crippen molar-refractivity contribution in [3.05, 3.63) is 29.8 Å². The van der Waals surface area contributed by atoms with Gasteiger partial charge in [-0.2, -0.15) is 0 Å². The molecule has 1 aliphatic rings. The number of hydrogen-bond acceptors (Lipinski definition) is 5. The molecule has 0 unspecified atom stereocenters. The van der Waals surface area contributed by atoms with Crippen LogP contribution in [0.1, 0.15) is 19.4 Å². The lowest BCUT2D eigenvalue weighted by molar-refractivity contribution is -0.119. The average molecular weight is 519 g/mol. The number of ether oxygens (including phenoxy) is 2. The molecule has 1 aromatic carbocycles. The van der Waals surface area contributed by atoms with Crippen molar-refractivity contribution in [2.45, 2.75) is 20.4 Å². The minimum absolute atomic E-state index is 0. The monoisotopic (exact) mass is 519 g/mol. The second kappa shape index (κ2) is 13.1. The van der Waals surface area contributed by atoms with Gasteiger partial charge >= 0.3 is 6.09 Å². The minimum atomic E-state index is -0.514. The first-order valence-electron chi connectivity index (χ1n) is 9.48. The van der Waals surface area contributed by atoms with E-state index in [9.17, 15) is 9.59 Å². The van der Waals surface area contributed by atoms with Crippen LogP contribution in [0.3, 0.4) is 0 Å². The summed E-state index contributed by atoms with van der Waals surface area (Å²) in [6, 6.07) is 7.42. The van der Waals surface area contributed by atoms with Crippen molar-refractivity contribution in [3.63, 3.8) is 0 Å². The normalized spacial score (nSPS) is 14.1. The standard InChI is InChI=1S/C19H29N5O4.HI/c1-3-21-18(23-8-10-24(11-9-23)19(26)27-4-2)22-13-15-6-5-7-16(12-15)28-14-17(20)25;/h5-7,12H,3-4,8-11,13-14H2,1-2H3,(H2,20,25)(H,21,22);1H. The van der Waals surface area contributed by atoms with Gasteiger partial charge in [0, 0.05) is 32.7 Å². The van der Waals surface area contributed by atoms with E-state index >= 15 is 0 Å². The molecule has 0 aliphatic carbocycles. The molecule has 1 aliphatic heterocycles. The predicted octanol–water partition coefficient (Wildman–Crippen LogP) is 1.41. The quantitative estimate of drug-likeness (QED) is 0.321. The number of halogens is 1. The van der Waals surface area contributed by atoms with Crippen LogP contribution in [0.4, 0.5) is 4.79 Å². The fourth-order valence-electron chi connectivity index (χ4n) is 2.80. The van der Waals surface area contributed by atoms with Crippen molar-refractivity contribution in [1.82, 2.24) is 15.1 Å². The third-order valence-electron chi connectivity index (χ3n) is 4.13. The Morgan fingerprint density at radius 3 is 2.48 bits per heavy atom. The first kappa shape index (κ1) is 24.8. The molecule has 2 rings (SSSR count). The highest BCUT2D eigenvalue weighted by Gasteiger charge is 2.23. The molecule has 0 radical (unpaired) electrons. The van der Waals surface area contributed by atoms with Gasteiger partial charge in [-0.25, -0.2) is 9.79 Å². The number of benzene rings is 1. The van der Waals surface area contributed by atoms with Gasteiger partial charge in [-0.3, -0.25) is 4.79 Å². The summed E-state index contributed by atoms with van der Waals surface area (Å²) in [5.41, 5.74) is 6.07. The fraction of sp³-hybridized carbons (Fsp3) is 0.526. The Kier molecular flexibility index (Phi) is 11.2. The molecule has 1 saturated heterocycles. The second-order valence-electron chi connectivity index (χ2n) is 6.25. The summed E-state index contributed by atoms with van der Waals surface area (Å²) in [7, 11) is 0. The molecule has 0 saturated carbocycles. The lowest BCUT2D eigenvalue weighted by atomic mass is 10.2. The highest BCUT2D eigenvalue weighted by molar-refractivity contribution is 14.0. The highest BCUT2D eigenvalue weighted by Crippen LogP contribution is 2.14.